The van der Waals surface area contributed by atoms with Crippen LogP contribution in [0, 0.1) is 0 Å². The molecule has 2 N–H and O–H groups in total. The van der Waals surface area contributed by atoms with Crippen molar-refractivity contribution in [1.29, 1.82) is 0 Å². The summed E-state index contributed by atoms with van der Waals surface area (Å²) in [5, 5.41) is 10.6. The number of pyridine rings is 1. The van der Waals surface area contributed by atoms with E-state index in [4.69, 9.17) is 14.7 Å². The highest BCUT2D eigenvalue weighted by atomic mass is 32.2. The topological polar surface area (TPSA) is 96.7 Å². The van der Waals surface area contributed by atoms with Crippen molar-refractivity contribution in [1.82, 2.24) is 24.5 Å². The van der Waals surface area contributed by atoms with Gasteiger partial charge < -0.3 is 20.3 Å². The summed E-state index contributed by atoms with van der Waals surface area (Å²) < 4.78 is 7.47. The van der Waals surface area contributed by atoms with Crippen molar-refractivity contribution in [2.75, 3.05) is 31.3 Å². The minimum absolute atomic E-state index is 0.238. The molecular weight excluding hydrogens is 474 g/mol. The van der Waals surface area contributed by atoms with Gasteiger partial charge in [-0.3, -0.25) is 4.79 Å². The number of amides is 1. The van der Waals surface area contributed by atoms with E-state index in [0.717, 1.165) is 47.1 Å². The maximum Gasteiger partial charge on any atom is 0.247 e. The largest absolute Gasteiger partial charge is 0.493 e. The summed E-state index contributed by atoms with van der Waals surface area (Å²) in [6.07, 6.45) is 3.89. The fourth-order valence-electron chi connectivity index (χ4n) is 4.12. The third kappa shape index (κ3) is 5.19. The highest BCUT2D eigenvalue weighted by Gasteiger charge is 2.19. The Morgan fingerprint density at radius 1 is 1.25 bits per heavy atom. The Morgan fingerprint density at radius 3 is 2.97 bits per heavy atom. The van der Waals surface area contributed by atoms with E-state index >= 15 is 0 Å². The zero-order valence-electron chi connectivity index (χ0n) is 20.2. The number of anilines is 3. The van der Waals surface area contributed by atoms with Gasteiger partial charge in [-0.15, -0.1) is 11.8 Å². The highest BCUT2D eigenvalue weighted by molar-refractivity contribution is 7.98. The van der Waals surface area contributed by atoms with E-state index in [-0.39, 0.29) is 5.91 Å². The van der Waals surface area contributed by atoms with E-state index in [1.165, 1.54) is 11.6 Å². The van der Waals surface area contributed by atoms with Crippen LogP contribution in [-0.4, -0.2) is 51.1 Å². The summed E-state index contributed by atoms with van der Waals surface area (Å²) in [5.41, 5.74) is 4.70. The molecule has 0 aliphatic carbocycles. The number of ether oxygens (including phenoxy) is 1. The van der Waals surface area contributed by atoms with Crippen molar-refractivity contribution in [3.63, 3.8) is 0 Å². The number of benzene rings is 1. The number of methoxy groups -OCH3 is 1. The van der Waals surface area contributed by atoms with Gasteiger partial charge >= 0.3 is 0 Å². The Hall–Kier alpha value is -3.89. The maximum absolute atomic E-state index is 11.6. The van der Waals surface area contributed by atoms with Crippen LogP contribution in [0.2, 0.25) is 0 Å². The van der Waals surface area contributed by atoms with Crippen molar-refractivity contribution in [2.24, 2.45) is 0 Å². The normalized spacial score (nSPS) is 13.3. The Labute approximate surface area is 213 Å². The molecule has 10 heteroatoms. The molecular formula is C26H27N7O2S. The van der Waals surface area contributed by atoms with E-state index in [1.54, 1.807) is 25.1 Å². The van der Waals surface area contributed by atoms with Crippen LogP contribution in [0.25, 0.3) is 5.65 Å². The fraction of sp³-hybridized carbons (Fsp3) is 0.231. The number of aromatic nitrogens is 4. The molecule has 4 aromatic rings. The molecule has 184 valence electrons. The summed E-state index contributed by atoms with van der Waals surface area (Å²) in [5.74, 6) is 2.42. The summed E-state index contributed by atoms with van der Waals surface area (Å²) in [7, 11) is 3.77. The van der Waals surface area contributed by atoms with Gasteiger partial charge in [-0.1, -0.05) is 12.6 Å². The number of carbonyl (C=O) groups excluding carboxylic acids is 1. The fourth-order valence-corrected chi connectivity index (χ4v) is 5.02. The minimum Gasteiger partial charge on any atom is -0.493 e. The second kappa shape index (κ2) is 10.4. The average Bonchev–Trinajstić information content (AvgIpc) is 3.36. The summed E-state index contributed by atoms with van der Waals surface area (Å²) in [6.45, 7) is 5.34. The first-order valence-corrected chi connectivity index (χ1v) is 12.5. The molecule has 5 rings (SSSR count). The van der Waals surface area contributed by atoms with Gasteiger partial charge in [-0.05, 0) is 43.0 Å². The molecule has 0 unspecified atom stereocenters. The Bertz CT molecular complexity index is 1440. The average molecular weight is 502 g/mol. The van der Waals surface area contributed by atoms with Crippen LogP contribution in [0.5, 0.6) is 5.75 Å². The third-order valence-corrected chi connectivity index (χ3v) is 6.93. The quantitative estimate of drug-likeness (QED) is 0.273. The van der Waals surface area contributed by atoms with E-state index in [0.29, 0.717) is 23.1 Å². The molecule has 1 aliphatic rings. The minimum atomic E-state index is -0.238. The lowest BCUT2D eigenvalue weighted by Crippen LogP contribution is -2.27. The lowest BCUT2D eigenvalue weighted by molar-refractivity contribution is -0.111. The molecule has 0 spiro atoms. The van der Waals surface area contributed by atoms with Crippen molar-refractivity contribution >= 4 is 40.6 Å². The standard InChI is InChI=1S/C26H27N7O2S/c1-4-25(34)28-18-6-5-7-20(13-18)36-16-19-14-23(30-24-8-10-27-33(19)24)31-26-22(35-3)12-17-15-32(2)11-9-21(17)29-26/h4-8,10,12-14H,1,9,11,15-16H2,2-3H3,(H,28,34)(H,29,30,31). The molecule has 0 radical (unpaired) electrons. The molecule has 0 atom stereocenters. The van der Waals surface area contributed by atoms with Crippen LogP contribution in [0.15, 0.2) is 66.2 Å². The second-order valence-electron chi connectivity index (χ2n) is 8.50. The Kier molecular flexibility index (Phi) is 6.88. The molecule has 9 nitrogen and oxygen atoms in total. The number of hydrogen-bond donors (Lipinski definition) is 2. The molecule has 0 saturated carbocycles. The van der Waals surface area contributed by atoms with Crippen LogP contribution in [0.1, 0.15) is 17.0 Å². The summed E-state index contributed by atoms with van der Waals surface area (Å²) >= 11 is 1.64. The van der Waals surface area contributed by atoms with Gasteiger partial charge in [0, 0.05) is 53.7 Å². The van der Waals surface area contributed by atoms with Gasteiger partial charge in [0.05, 0.1) is 19.0 Å². The third-order valence-electron chi connectivity index (χ3n) is 5.90. The summed E-state index contributed by atoms with van der Waals surface area (Å²) in [6, 6.07) is 13.6. The molecule has 0 fully saturated rings. The van der Waals surface area contributed by atoms with E-state index < -0.39 is 0 Å². The van der Waals surface area contributed by atoms with Gasteiger partial charge in [-0.2, -0.15) is 5.10 Å². The van der Waals surface area contributed by atoms with Crippen molar-refractivity contribution in [3.8, 4) is 5.75 Å². The van der Waals surface area contributed by atoms with Crippen molar-refractivity contribution in [3.05, 3.63) is 78.3 Å². The number of thioether (sulfide) groups is 1. The monoisotopic (exact) mass is 501 g/mol. The predicted octanol–water partition coefficient (Wildman–Crippen LogP) is 4.28. The zero-order valence-corrected chi connectivity index (χ0v) is 21.0. The SMILES string of the molecule is C=CC(=O)Nc1cccc(SCc2cc(Nc3nc4c(cc3OC)CN(C)CC4)nc3ccnn23)c1. The van der Waals surface area contributed by atoms with Crippen molar-refractivity contribution < 1.29 is 9.53 Å². The van der Waals surface area contributed by atoms with Gasteiger partial charge in [0.15, 0.2) is 17.2 Å². The van der Waals surface area contributed by atoms with Crippen LogP contribution < -0.4 is 15.4 Å². The zero-order chi connectivity index (χ0) is 25.1. The maximum atomic E-state index is 11.6. The van der Waals surface area contributed by atoms with Gasteiger partial charge in [0.2, 0.25) is 5.91 Å². The number of fused-ring (bicyclic) bond motifs is 2. The Balaban J connectivity index is 1.39. The van der Waals surface area contributed by atoms with Gasteiger partial charge in [-0.25, -0.2) is 14.5 Å². The van der Waals surface area contributed by atoms with Crippen LogP contribution in [-0.2, 0) is 23.5 Å². The molecule has 1 aromatic carbocycles. The molecule has 0 saturated heterocycles. The van der Waals surface area contributed by atoms with Crippen LogP contribution in [0.4, 0.5) is 17.3 Å². The molecule has 4 heterocycles. The first-order chi connectivity index (χ1) is 17.5. The first kappa shape index (κ1) is 23.8. The van der Waals surface area contributed by atoms with Gasteiger partial charge in [0.1, 0.15) is 5.82 Å². The molecule has 1 aliphatic heterocycles. The number of rotatable bonds is 8. The number of likely N-dealkylation sites (N-methyl/N-ethyl adjacent to an activating group) is 1. The lowest BCUT2D eigenvalue weighted by atomic mass is 10.1. The number of nitrogens with one attached hydrogen (secondary N) is 2. The molecule has 3 aromatic heterocycles. The van der Waals surface area contributed by atoms with E-state index in [9.17, 15) is 4.79 Å². The number of hydrogen-bond acceptors (Lipinski definition) is 8. The molecule has 0 bridgehead atoms. The highest BCUT2D eigenvalue weighted by Crippen LogP contribution is 2.31. The predicted molar refractivity (Wildman–Crippen MR) is 142 cm³/mol. The Morgan fingerprint density at radius 2 is 2.14 bits per heavy atom. The molecule has 1 amide bonds. The van der Waals surface area contributed by atoms with E-state index in [2.05, 4.69) is 40.3 Å². The second-order valence-corrected chi connectivity index (χ2v) is 9.55. The van der Waals surface area contributed by atoms with Crippen molar-refractivity contribution in [2.45, 2.75) is 23.6 Å². The lowest BCUT2D eigenvalue weighted by Gasteiger charge is -2.25. The molecule has 36 heavy (non-hydrogen) atoms. The van der Waals surface area contributed by atoms with Crippen LogP contribution >= 0.6 is 11.8 Å². The number of nitrogens with zero attached hydrogens (tertiary/aromatic N) is 5. The number of carbonyl (C=O) groups is 1. The smallest absolute Gasteiger partial charge is 0.247 e. The first-order valence-electron chi connectivity index (χ1n) is 11.5. The van der Waals surface area contributed by atoms with Gasteiger partial charge in [0.25, 0.3) is 0 Å². The summed E-state index contributed by atoms with van der Waals surface area (Å²) in [4.78, 5) is 24.5. The van der Waals surface area contributed by atoms with Crippen LogP contribution in [0.3, 0.4) is 0 Å². The van der Waals surface area contributed by atoms with E-state index in [1.807, 2.05) is 40.9 Å².